The maximum absolute atomic E-state index is 10.3. The normalized spacial score (nSPS) is 13.1. The lowest BCUT2D eigenvalue weighted by molar-refractivity contribution is 0.426. The third kappa shape index (κ3) is 3.95. The van der Waals surface area contributed by atoms with Crippen LogP contribution in [0.1, 0.15) is 25.0 Å². The summed E-state index contributed by atoms with van der Waals surface area (Å²) < 4.78 is 0. The minimum Gasteiger partial charge on any atom is -0.423 e. The number of benzene rings is 5. The molecule has 0 aromatic heterocycles. The predicted molar refractivity (Wildman–Crippen MR) is 154 cm³/mol. The molecule has 37 heavy (non-hydrogen) atoms. The van der Waals surface area contributed by atoms with E-state index in [0.29, 0.717) is 5.46 Å². The van der Waals surface area contributed by atoms with Crippen molar-refractivity contribution in [3.05, 3.63) is 132 Å². The van der Waals surface area contributed by atoms with Crippen LogP contribution in [0.2, 0.25) is 0 Å². The topological polar surface area (TPSA) is 43.7 Å². The molecule has 6 rings (SSSR count). The Kier molecular flexibility index (Phi) is 5.71. The van der Waals surface area contributed by atoms with E-state index in [1.54, 1.807) is 6.07 Å². The zero-order chi connectivity index (χ0) is 25.6. The van der Waals surface area contributed by atoms with Gasteiger partial charge in [0.05, 0.1) is 0 Å². The standard InChI is InChI=1S/C33H28BNO2/c1-33(2)29-16-7-6-15-27(29)28-20-19-26(22-30(28)33)35(32-18-9-8-17-31(32)34(36)37)25-14-10-13-24(21-25)23-11-4-3-5-12-23/h3-22,36-37H,1-2H3. The third-order valence-electron chi connectivity index (χ3n) is 7.49. The fourth-order valence-corrected chi connectivity index (χ4v) is 5.62. The van der Waals surface area contributed by atoms with Crippen LogP contribution in [0.5, 0.6) is 0 Å². The van der Waals surface area contributed by atoms with Crippen LogP contribution in [0.3, 0.4) is 0 Å². The second kappa shape index (κ2) is 9.08. The molecule has 0 radical (unpaired) electrons. The number of nitrogens with zero attached hydrogens (tertiary/aromatic N) is 1. The molecule has 0 atom stereocenters. The number of hydrogen-bond acceptors (Lipinski definition) is 3. The Morgan fingerprint density at radius 3 is 2.03 bits per heavy atom. The molecule has 4 heteroatoms. The van der Waals surface area contributed by atoms with Gasteiger partial charge < -0.3 is 14.9 Å². The highest BCUT2D eigenvalue weighted by atomic mass is 16.4. The third-order valence-corrected chi connectivity index (χ3v) is 7.49. The highest BCUT2D eigenvalue weighted by Gasteiger charge is 2.36. The molecule has 2 N–H and O–H groups in total. The average molecular weight is 481 g/mol. The van der Waals surface area contributed by atoms with Gasteiger partial charge in [-0.1, -0.05) is 105 Å². The SMILES string of the molecule is CC1(C)c2ccccc2-c2ccc(N(c3cccc(-c4ccccc4)c3)c3ccccc3B(O)O)cc21. The van der Waals surface area contributed by atoms with Crippen LogP contribution in [0.25, 0.3) is 22.3 Å². The second-order valence-corrected chi connectivity index (χ2v) is 10.1. The second-order valence-electron chi connectivity index (χ2n) is 10.1. The van der Waals surface area contributed by atoms with Gasteiger partial charge in [0, 0.05) is 27.9 Å². The maximum Gasteiger partial charge on any atom is 0.490 e. The minimum absolute atomic E-state index is 0.143. The van der Waals surface area contributed by atoms with E-state index in [0.717, 1.165) is 28.2 Å². The van der Waals surface area contributed by atoms with Gasteiger partial charge >= 0.3 is 7.12 Å². The summed E-state index contributed by atoms with van der Waals surface area (Å²) in [4.78, 5) is 2.13. The van der Waals surface area contributed by atoms with Gasteiger partial charge in [-0.15, -0.1) is 0 Å². The van der Waals surface area contributed by atoms with Crippen molar-refractivity contribution in [2.75, 3.05) is 4.90 Å². The quantitative estimate of drug-likeness (QED) is 0.271. The number of fused-ring (bicyclic) bond motifs is 3. The van der Waals surface area contributed by atoms with Gasteiger partial charge in [-0.05, 0) is 63.7 Å². The summed E-state index contributed by atoms with van der Waals surface area (Å²) in [6.07, 6.45) is 0. The lowest BCUT2D eigenvalue weighted by atomic mass is 9.78. The zero-order valence-corrected chi connectivity index (χ0v) is 21.0. The molecule has 1 aliphatic carbocycles. The lowest BCUT2D eigenvalue weighted by Crippen LogP contribution is -2.34. The molecule has 0 saturated heterocycles. The Bertz CT molecular complexity index is 1590. The van der Waals surface area contributed by atoms with E-state index in [2.05, 4.69) is 97.6 Å². The number of para-hydroxylation sites is 1. The molecular weight excluding hydrogens is 453 g/mol. The van der Waals surface area contributed by atoms with Crippen LogP contribution in [0, 0.1) is 0 Å². The number of anilines is 3. The van der Waals surface area contributed by atoms with Crippen molar-refractivity contribution in [2.45, 2.75) is 19.3 Å². The van der Waals surface area contributed by atoms with E-state index >= 15 is 0 Å². The van der Waals surface area contributed by atoms with Crippen LogP contribution in [-0.2, 0) is 5.41 Å². The molecule has 0 bridgehead atoms. The molecule has 0 unspecified atom stereocenters. The van der Waals surface area contributed by atoms with Gasteiger partial charge in [-0.3, -0.25) is 0 Å². The van der Waals surface area contributed by atoms with Gasteiger partial charge in [0.1, 0.15) is 0 Å². The summed E-state index contributed by atoms with van der Waals surface area (Å²) >= 11 is 0. The van der Waals surface area contributed by atoms with Crippen molar-refractivity contribution in [3.63, 3.8) is 0 Å². The summed E-state index contributed by atoms with van der Waals surface area (Å²) in [6, 6.07) is 41.3. The highest BCUT2D eigenvalue weighted by Crippen LogP contribution is 2.50. The molecule has 180 valence electrons. The first-order valence-electron chi connectivity index (χ1n) is 12.6. The summed E-state index contributed by atoms with van der Waals surface area (Å²) in [5.74, 6) is 0. The summed E-state index contributed by atoms with van der Waals surface area (Å²) in [7, 11) is -1.59. The highest BCUT2D eigenvalue weighted by molar-refractivity contribution is 6.60. The molecule has 3 nitrogen and oxygen atoms in total. The molecule has 0 fully saturated rings. The molecule has 0 saturated carbocycles. The molecule has 5 aromatic rings. The van der Waals surface area contributed by atoms with Crippen LogP contribution < -0.4 is 10.4 Å². The fourth-order valence-electron chi connectivity index (χ4n) is 5.62. The summed E-state index contributed by atoms with van der Waals surface area (Å²) in [6.45, 7) is 4.54. The zero-order valence-electron chi connectivity index (χ0n) is 21.0. The van der Waals surface area contributed by atoms with Crippen molar-refractivity contribution < 1.29 is 10.0 Å². The van der Waals surface area contributed by atoms with Crippen LogP contribution >= 0.6 is 0 Å². The number of rotatable bonds is 5. The smallest absolute Gasteiger partial charge is 0.423 e. The van der Waals surface area contributed by atoms with E-state index in [1.807, 2.05) is 36.4 Å². The first-order valence-corrected chi connectivity index (χ1v) is 12.6. The summed E-state index contributed by atoms with van der Waals surface area (Å²) in [5.41, 5.74) is 10.3. The molecule has 5 aromatic carbocycles. The first kappa shape index (κ1) is 23.3. The average Bonchev–Trinajstić information content (AvgIpc) is 3.16. The van der Waals surface area contributed by atoms with E-state index in [1.165, 1.54) is 22.3 Å². The molecule has 0 spiro atoms. The van der Waals surface area contributed by atoms with Crippen LogP contribution in [0.4, 0.5) is 17.1 Å². The lowest BCUT2D eigenvalue weighted by Gasteiger charge is -2.30. The molecular formula is C33H28BNO2. The Hall–Kier alpha value is -4.12. The van der Waals surface area contributed by atoms with Crippen molar-refractivity contribution >= 4 is 29.6 Å². The van der Waals surface area contributed by atoms with E-state index < -0.39 is 7.12 Å². The molecule has 0 aliphatic heterocycles. The van der Waals surface area contributed by atoms with E-state index in [-0.39, 0.29) is 5.41 Å². The van der Waals surface area contributed by atoms with Crippen molar-refractivity contribution in [3.8, 4) is 22.3 Å². The monoisotopic (exact) mass is 481 g/mol. The molecule has 1 aliphatic rings. The van der Waals surface area contributed by atoms with Crippen molar-refractivity contribution in [2.24, 2.45) is 0 Å². The number of hydrogen-bond donors (Lipinski definition) is 2. The van der Waals surface area contributed by atoms with E-state index in [9.17, 15) is 10.0 Å². The first-order chi connectivity index (χ1) is 17.9. The van der Waals surface area contributed by atoms with E-state index in [4.69, 9.17) is 0 Å². The van der Waals surface area contributed by atoms with Gasteiger partial charge in [0.25, 0.3) is 0 Å². The fraction of sp³-hybridized carbons (Fsp3) is 0.0909. The Balaban J connectivity index is 1.56. The van der Waals surface area contributed by atoms with Crippen molar-refractivity contribution in [1.29, 1.82) is 0 Å². The van der Waals surface area contributed by atoms with Gasteiger partial charge in [-0.2, -0.15) is 0 Å². The van der Waals surface area contributed by atoms with Crippen molar-refractivity contribution in [1.82, 2.24) is 0 Å². The van der Waals surface area contributed by atoms with Gasteiger partial charge in [-0.25, -0.2) is 0 Å². The predicted octanol–water partition coefficient (Wildman–Crippen LogP) is 6.81. The van der Waals surface area contributed by atoms with Crippen LogP contribution in [-0.4, -0.2) is 17.2 Å². The van der Waals surface area contributed by atoms with Gasteiger partial charge in [0.2, 0.25) is 0 Å². The maximum atomic E-state index is 10.3. The van der Waals surface area contributed by atoms with Gasteiger partial charge in [0.15, 0.2) is 0 Å². The Labute approximate surface area is 218 Å². The Morgan fingerprint density at radius 1 is 0.568 bits per heavy atom. The molecule has 0 heterocycles. The molecule has 0 amide bonds. The van der Waals surface area contributed by atoms with Crippen LogP contribution in [0.15, 0.2) is 121 Å². The minimum atomic E-state index is -1.59. The summed E-state index contributed by atoms with van der Waals surface area (Å²) in [5, 5.41) is 20.5. The Morgan fingerprint density at radius 2 is 1.22 bits per heavy atom. The largest absolute Gasteiger partial charge is 0.490 e.